The number of amides is 1. The van der Waals surface area contributed by atoms with Crippen molar-refractivity contribution in [1.29, 1.82) is 0 Å². The van der Waals surface area contributed by atoms with Gasteiger partial charge in [0.05, 0.1) is 17.4 Å². The van der Waals surface area contributed by atoms with Crippen molar-refractivity contribution in [3.8, 4) is 5.75 Å². The van der Waals surface area contributed by atoms with Crippen molar-refractivity contribution in [2.75, 3.05) is 13.2 Å². The first-order valence-electron chi connectivity index (χ1n) is 8.21. The maximum atomic E-state index is 13.6. The average molecular weight is 355 g/mol. The predicted molar refractivity (Wildman–Crippen MR) is 95.3 cm³/mol. The number of benzene rings is 2. The number of H-pyrrole nitrogens is 1. The van der Waals surface area contributed by atoms with E-state index >= 15 is 0 Å². The van der Waals surface area contributed by atoms with Crippen LogP contribution in [-0.2, 0) is 11.3 Å². The number of carbonyl (C=O) groups excluding carboxylic acids is 1. The predicted octanol–water partition coefficient (Wildman–Crippen LogP) is 2.49. The first-order chi connectivity index (χ1) is 12.6. The van der Waals surface area contributed by atoms with E-state index in [0.717, 1.165) is 0 Å². The molecule has 6 nitrogen and oxygen atoms in total. The summed E-state index contributed by atoms with van der Waals surface area (Å²) < 4.78 is 18.8. The van der Waals surface area contributed by atoms with E-state index < -0.39 is 5.82 Å². The van der Waals surface area contributed by atoms with Crippen LogP contribution in [0.3, 0.4) is 0 Å². The van der Waals surface area contributed by atoms with Crippen molar-refractivity contribution in [2.24, 2.45) is 0 Å². The van der Waals surface area contributed by atoms with Crippen LogP contribution >= 0.6 is 0 Å². The molecular formula is C19H18FN3O3. The van der Waals surface area contributed by atoms with Gasteiger partial charge in [0.15, 0.2) is 18.2 Å². The lowest BCUT2D eigenvalue weighted by molar-refractivity contribution is -0.133. The van der Waals surface area contributed by atoms with E-state index in [9.17, 15) is 14.0 Å². The summed E-state index contributed by atoms with van der Waals surface area (Å²) in [4.78, 5) is 33.1. The van der Waals surface area contributed by atoms with Gasteiger partial charge in [-0.05, 0) is 31.2 Å². The van der Waals surface area contributed by atoms with E-state index in [1.54, 1.807) is 43.3 Å². The summed E-state index contributed by atoms with van der Waals surface area (Å²) in [7, 11) is 0. The van der Waals surface area contributed by atoms with Gasteiger partial charge in [-0.25, -0.2) is 9.37 Å². The Balaban J connectivity index is 1.72. The Bertz CT molecular complexity index is 987. The van der Waals surface area contributed by atoms with Crippen LogP contribution in [0.2, 0.25) is 0 Å². The summed E-state index contributed by atoms with van der Waals surface area (Å²) in [6, 6.07) is 12.9. The van der Waals surface area contributed by atoms with E-state index in [2.05, 4.69) is 9.97 Å². The second-order valence-corrected chi connectivity index (χ2v) is 5.66. The van der Waals surface area contributed by atoms with Crippen LogP contribution < -0.4 is 10.3 Å². The number of ether oxygens (including phenoxy) is 1. The minimum atomic E-state index is -0.524. The molecule has 0 unspecified atom stereocenters. The molecule has 0 atom stereocenters. The monoisotopic (exact) mass is 355 g/mol. The molecule has 0 spiro atoms. The molecule has 3 rings (SSSR count). The molecule has 1 N–H and O–H groups in total. The van der Waals surface area contributed by atoms with Gasteiger partial charge in [-0.3, -0.25) is 9.59 Å². The Morgan fingerprint density at radius 2 is 1.92 bits per heavy atom. The van der Waals surface area contributed by atoms with Crippen LogP contribution in [0.15, 0.2) is 53.3 Å². The quantitative estimate of drug-likeness (QED) is 0.737. The summed E-state index contributed by atoms with van der Waals surface area (Å²) in [5.41, 5.74) is 0.314. The molecule has 1 heterocycles. The normalized spacial score (nSPS) is 10.7. The molecule has 0 saturated carbocycles. The molecule has 0 saturated heterocycles. The Hall–Kier alpha value is -3.22. The molecule has 1 aromatic heterocycles. The zero-order chi connectivity index (χ0) is 18.5. The molecule has 0 radical (unpaired) electrons. The third-order valence-electron chi connectivity index (χ3n) is 3.92. The highest BCUT2D eigenvalue weighted by Crippen LogP contribution is 2.15. The molecule has 0 fully saturated rings. The lowest BCUT2D eigenvalue weighted by Crippen LogP contribution is -2.35. The van der Waals surface area contributed by atoms with Gasteiger partial charge in [0.2, 0.25) is 0 Å². The van der Waals surface area contributed by atoms with Gasteiger partial charge in [-0.1, -0.05) is 24.3 Å². The van der Waals surface area contributed by atoms with Crippen molar-refractivity contribution in [1.82, 2.24) is 14.9 Å². The number of likely N-dealkylation sites (N-methyl/N-ethyl adjacent to an activating group) is 1. The third kappa shape index (κ3) is 3.88. The Kier molecular flexibility index (Phi) is 5.26. The molecule has 7 heteroatoms. The second-order valence-electron chi connectivity index (χ2n) is 5.66. The van der Waals surface area contributed by atoms with Gasteiger partial charge in [-0.15, -0.1) is 0 Å². The van der Waals surface area contributed by atoms with Crippen LogP contribution in [0, 0.1) is 5.82 Å². The topological polar surface area (TPSA) is 75.3 Å². The SMILES string of the molecule is CCN(Cc1nc2ccccc2c(=O)[nH]1)C(=O)COc1ccccc1F. The smallest absolute Gasteiger partial charge is 0.260 e. The Labute approximate surface area is 149 Å². The highest BCUT2D eigenvalue weighted by atomic mass is 19.1. The molecule has 1 amide bonds. The van der Waals surface area contributed by atoms with Gasteiger partial charge in [0, 0.05) is 6.54 Å². The summed E-state index contributed by atoms with van der Waals surface area (Å²) in [5.74, 6) is -0.445. The number of halogens is 1. The number of hydrogen-bond donors (Lipinski definition) is 1. The van der Waals surface area contributed by atoms with Gasteiger partial charge in [0.1, 0.15) is 5.82 Å². The van der Waals surface area contributed by atoms with E-state index in [0.29, 0.717) is 23.3 Å². The van der Waals surface area contributed by atoms with Crippen LogP contribution in [0.25, 0.3) is 10.9 Å². The van der Waals surface area contributed by atoms with Crippen molar-refractivity contribution in [2.45, 2.75) is 13.5 Å². The fraction of sp³-hybridized carbons (Fsp3) is 0.211. The van der Waals surface area contributed by atoms with Crippen molar-refractivity contribution in [3.63, 3.8) is 0 Å². The fourth-order valence-electron chi connectivity index (χ4n) is 2.56. The van der Waals surface area contributed by atoms with E-state index in [1.807, 2.05) is 0 Å². The average Bonchev–Trinajstić information content (AvgIpc) is 2.65. The maximum absolute atomic E-state index is 13.6. The molecule has 3 aromatic rings. The highest BCUT2D eigenvalue weighted by Gasteiger charge is 2.16. The zero-order valence-corrected chi connectivity index (χ0v) is 14.2. The number of para-hydroxylation sites is 2. The number of carbonyl (C=O) groups is 1. The molecule has 134 valence electrons. The standard InChI is InChI=1S/C19H18FN3O3/c1-2-23(18(24)12-26-16-10-6-4-8-14(16)20)11-17-21-15-9-5-3-7-13(15)19(25)22-17/h3-10H,2,11-12H2,1H3,(H,21,22,25). The van der Waals surface area contributed by atoms with E-state index in [4.69, 9.17) is 4.74 Å². The largest absolute Gasteiger partial charge is 0.481 e. The molecule has 0 aliphatic rings. The van der Waals surface area contributed by atoms with Crippen molar-refractivity contribution >= 4 is 16.8 Å². The molecule has 0 aliphatic heterocycles. The van der Waals surface area contributed by atoms with Crippen LogP contribution in [0.1, 0.15) is 12.7 Å². The number of nitrogens with zero attached hydrogens (tertiary/aromatic N) is 2. The number of aromatic amines is 1. The maximum Gasteiger partial charge on any atom is 0.260 e. The second kappa shape index (κ2) is 7.77. The molecule has 0 aliphatic carbocycles. The summed E-state index contributed by atoms with van der Waals surface area (Å²) >= 11 is 0. The fourth-order valence-corrected chi connectivity index (χ4v) is 2.56. The lowest BCUT2D eigenvalue weighted by atomic mass is 10.2. The van der Waals surface area contributed by atoms with Gasteiger partial charge in [-0.2, -0.15) is 0 Å². The summed E-state index contributed by atoms with van der Waals surface area (Å²) in [5, 5.41) is 0.494. The van der Waals surface area contributed by atoms with Crippen LogP contribution in [0.5, 0.6) is 5.75 Å². The van der Waals surface area contributed by atoms with Crippen molar-refractivity contribution in [3.05, 3.63) is 70.5 Å². The molecule has 0 bridgehead atoms. The van der Waals surface area contributed by atoms with E-state index in [1.165, 1.54) is 17.0 Å². The first-order valence-corrected chi connectivity index (χ1v) is 8.21. The number of hydrogen-bond acceptors (Lipinski definition) is 4. The first kappa shape index (κ1) is 17.6. The van der Waals surface area contributed by atoms with Crippen molar-refractivity contribution < 1.29 is 13.9 Å². The Morgan fingerprint density at radius 3 is 2.69 bits per heavy atom. The molecule has 2 aromatic carbocycles. The van der Waals surface area contributed by atoms with Gasteiger partial charge in [0.25, 0.3) is 11.5 Å². The minimum Gasteiger partial charge on any atom is -0.481 e. The lowest BCUT2D eigenvalue weighted by Gasteiger charge is -2.20. The highest BCUT2D eigenvalue weighted by molar-refractivity contribution is 5.78. The molecular weight excluding hydrogens is 337 g/mol. The number of rotatable bonds is 6. The van der Waals surface area contributed by atoms with Crippen LogP contribution in [-0.4, -0.2) is 33.9 Å². The minimum absolute atomic E-state index is 0.0224. The number of fused-ring (bicyclic) bond motifs is 1. The number of nitrogens with one attached hydrogen (secondary N) is 1. The third-order valence-corrected chi connectivity index (χ3v) is 3.92. The number of aromatic nitrogens is 2. The van der Waals surface area contributed by atoms with Crippen LogP contribution in [0.4, 0.5) is 4.39 Å². The van der Waals surface area contributed by atoms with Gasteiger partial charge >= 0.3 is 0 Å². The summed E-state index contributed by atoms with van der Waals surface area (Å²) in [6.07, 6.45) is 0. The van der Waals surface area contributed by atoms with Gasteiger partial charge < -0.3 is 14.6 Å². The summed E-state index contributed by atoms with van der Waals surface area (Å²) in [6.45, 7) is 2.04. The molecule has 26 heavy (non-hydrogen) atoms. The Morgan fingerprint density at radius 1 is 1.19 bits per heavy atom. The van der Waals surface area contributed by atoms with E-state index in [-0.39, 0.29) is 30.4 Å². The zero-order valence-electron chi connectivity index (χ0n) is 14.2.